The number of aromatic amines is 1. The molecule has 7 rings (SSSR count). The van der Waals surface area contributed by atoms with Crippen molar-refractivity contribution in [3.05, 3.63) is 65.9 Å². The first kappa shape index (κ1) is 31.1. The molecule has 3 amide bonds. The number of H-pyrrole nitrogens is 1. The fraction of sp³-hybridized carbons (Fsp3) is 0.486. The summed E-state index contributed by atoms with van der Waals surface area (Å²) in [5.74, 6) is -1.70. The zero-order chi connectivity index (χ0) is 32.9. The highest BCUT2D eigenvalue weighted by molar-refractivity contribution is 6.38. The second-order valence-electron chi connectivity index (χ2n) is 14.2. The monoisotopic (exact) mass is 638 g/mol. The van der Waals surface area contributed by atoms with E-state index in [9.17, 15) is 24.0 Å². The van der Waals surface area contributed by atoms with Crippen LogP contribution < -0.4 is 10.1 Å². The van der Waals surface area contributed by atoms with E-state index in [1.165, 1.54) is 4.90 Å². The van der Waals surface area contributed by atoms with E-state index >= 15 is 0 Å². The van der Waals surface area contributed by atoms with Gasteiger partial charge in [0.2, 0.25) is 11.7 Å². The minimum absolute atomic E-state index is 0.0292. The Labute approximate surface area is 274 Å². The van der Waals surface area contributed by atoms with Crippen LogP contribution in [0.1, 0.15) is 67.4 Å². The lowest BCUT2D eigenvalue weighted by atomic mass is 9.91. The molecule has 10 nitrogen and oxygen atoms in total. The number of aromatic nitrogens is 1. The lowest BCUT2D eigenvalue weighted by Gasteiger charge is -2.29. The van der Waals surface area contributed by atoms with E-state index in [1.807, 2.05) is 48.5 Å². The Morgan fingerprint density at radius 3 is 2.60 bits per heavy atom. The molecule has 2 aromatic carbocycles. The first-order chi connectivity index (χ1) is 22.7. The van der Waals surface area contributed by atoms with E-state index in [1.54, 1.807) is 25.1 Å². The van der Waals surface area contributed by atoms with Gasteiger partial charge in [0.05, 0.1) is 13.2 Å². The zero-order valence-corrected chi connectivity index (χ0v) is 27.0. The minimum Gasteiger partial charge on any atom is -0.496 e. The maximum Gasteiger partial charge on any atom is 0.292 e. The van der Waals surface area contributed by atoms with Crippen molar-refractivity contribution in [3.8, 4) is 5.75 Å². The number of likely N-dealkylation sites (tertiary alicyclic amines) is 1. The number of benzene rings is 2. The number of ether oxygens (including phenoxy) is 1. The quantitative estimate of drug-likeness (QED) is 0.319. The van der Waals surface area contributed by atoms with Gasteiger partial charge in [-0.15, -0.1) is 0 Å². The summed E-state index contributed by atoms with van der Waals surface area (Å²) in [6.07, 6.45) is 5.96. The van der Waals surface area contributed by atoms with Gasteiger partial charge in [-0.1, -0.05) is 42.8 Å². The molecule has 10 heteroatoms. The van der Waals surface area contributed by atoms with E-state index in [2.05, 4.69) is 10.3 Å². The van der Waals surface area contributed by atoms with Crippen molar-refractivity contribution in [2.45, 2.75) is 70.0 Å². The Kier molecular flexibility index (Phi) is 8.14. The molecule has 4 aliphatic rings. The van der Waals surface area contributed by atoms with Gasteiger partial charge >= 0.3 is 0 Å². The zero-order valence-electron chi connectivity index (χ0n) is 27.0. The van der Waals surface area contributed by atoms with Crippen LogP contribution in [0.4, 0.5) is 0 Å². The molecule has 47 heavy (non-hydrogen) atoms. The molecule has 0 radical (unpaired) electrons. The summed E-state index contributed by atoms with van der Waals surface area (Å²) in [6.45, 7) is 0.677. The molecule has 3 aliphatic carbocycles. The Balaban J connectivity index is 1.14. The number of Topliss-reactive ketones (excluding diaryl/α,β-unsaturated/α-hetero) is 2. The van der Waals surface area contributed by atoms with E-state index in [0.29, 0.717) is 30.8 Å². The number of hydrogen-bond donors (Lipinski definition) is 2. The van der Waals surface area contributed by atoms with Crippen LogP contribution in [0.3, 0.4) is 0 Å². The fourth-order valence-electron chi connectivity index (χ4n) is 8.46. The van der Waals surface area contributed by atoms with E-state index in [4.69, 9.17) is 4.74 Å². The van der Waals surface area contributed by atoms with Crippen molar-refractivity contribution in [3.63, 3.8) is 0 Å². The molecular weight excluding hydrogens is 596 g/mol. The molecule has 2 N–H and O–H groups in total. The van der Waals surface area contributed by atoms with Gasteiger partial charge in [-0.2, -0.15) is 0 Å². The molecule has 1 saturated heterocycles. The summed E-state index contributed by atoms with van der Waals surface area (Å²) in [4.78, 5) is 75.0. The van der Waals surface area contributed by atoms with Crippen molar-refractivity contribution < 1.29 is 28.7 Å². The molecule has 0 bridgehead atoms. The van der Waals surface area contributed by atoms with Crippen LogP contribution in [-0.2, 0) is 25.7 Å². The highest BCUT2D eigenvalue weighted by Gasteiger charge is 2.54. The van der Waals surface area contributed by atoms with Crippen molar-refractivity contribution >= 4 is 40.2 Å². The van der Waals surface area contributed by atoms with Gasteiger partial charge in [-0.05, 0) is 79.5 Å². The van der Waals surface area contributed by atoms with Crippen molar-refractivity contribution in [2.75, 3.05) is 20.7 Å². The number of nitrogens with zero attached hydrogens (tertiary/aromatic N) is 2. The normalized spacial score (nSPS) is 24.7. The lowest BCUT2D eigenvalue weighted by molar-refractivity contribution is -0.146. The van der Waals surface area contributed by atoms with Gasteiger partial charge < -0.3 is 24.8 Å². The molecule has 246 valence electrons. The Morgan fingerprint density at radius 1 is 1.09 bits per heavy atom. The second-order valence-corrected chi connectivity index (χ2v) is 14.2. The summed E-state index contributed by atoms with van der Waals surface area (Å²) in [6, 6.07) is 14.7. The Bertz CT molecular complexity index is 1730. The molecule has 5 unspecified atom stereocenters. The number of amides is 3. The van der Waals surface area contributed by atoms with Crippen molar-refractivity contribution in [1.82, 2.24) is 20.1 Å². The van der Waals surface area contributed by atoms with Crippen molar-refractivity contribution in [2.24, 2.45) is 23.2 Å². The lowest BCUT2D eigenvalue weighted by Crippen LogP contribution is -2.55. The van der Waals surface area contributed by atoms with Gasteiger partial charge in [0, 0.05) is 43.4 Å². The predicted octanol–water partition coefficient (Wildman–Crippen LogP) is 4.28. The van der Waals surface area contributed by atoms with Crippen LogP contribution in [0.25, 0.3) is 10.9 Å². The number of carbonyl (C=O) groups is 5. The van der Waals surface area contributed by atoms with Gasteiger partial charge in [-0.3, -0.25) is 24.0 Å². The molecule has 1 aliphatic heterocycles. The Hall–Kier alpha value is -4.47. The molecule has 3 saturated carbocycles. The maximum absolute atomic E-state index is 14.3. The highest BCUT2D eigenvalue weighted by atomic mass is 16.5. The molecule has 3 aromatic rings. The van der Waals surface area contributed by atoms with Crippen molar-refractivity contribution in [1.29, 1.82) is 0 Å². The SMILES string of the molecule is COc1cccc2[nH]c(C(=O)N3CC4CCCC4C3C(=O)NC(CC3CC4(CC4)CC3=O)C(=O)C(=O)N(C)Cc3ccccc3)cc12. The molecular formula is C37H42N4O6. The third kappa shape index (κ3) is 5.94. The third-order valence-corrected chi connectivity index (χ3v) is 11.1. The first-order valence-electron chi connectivity index (χ1n) is 16.8. The van der Waals surface area contributed by atoms with Crippen LogP contribution in [0.2, 0.25) is 0 Å². The molecule has 1 aromatic heterocycles. The molecule has 2 heterocycles. The standard InChI is InChI=1S/C37H42N4O6/c1-40(20-22-8-4-3-5-9-22)36(46)33(43)28(16-24-18-37(14-15-37)19-30(24)42)39-34(44)32-25-11-6-10-23(25)21-41(32)35(45)29-17-26-27(38-29)12-7-13-31(26)47-2/h3-5,7-9,12-13,17,23-25,28,32,38H,6,10-11,14-16,18-21H2,1-2H3,(H,39,44). The minimum atomic E-state index is -1.16. The van der Waals surface area contributed by atoms with Gasteiger partial charge in [0.1, 0.15) is 23.3 Å². The molecule has 4 fully saturated rings. The number of carbonyl (C=O) groups excluding carboxylic acids is 5. The summed E-state index contributed by atoms with van der Waals surface area (Å²) in [5.41, 5.74) is 2.02. The van der Waals surface area contributed by atoms with Crippen LogP contribution >= 0.6 is 0 Å². The van der Waals surface area contributed by atoms with E-state index in [0.717, 1.165) is 48.6 Å². The smallest absolute Gasteiger partial charge is 0.292 e. The van der Waals surface area contributed by atoms with E-state index in [-0.39, 0.29) is 47.8 Å². The summed E-state index contributed by atoms with van der Waals surface area (Å²) < 4.78 is 5.48. The summed E-state index contributed by atoms with van der Waals surface area (Å²) in [7, 11) is 3.15. The average molecular weight is 639 g/mol. The number of ketones is 2. The van der Waals surface area contributed by atoms with Crippen LogP contribution in [0.15, 0.2) is 54.6 Å². The summed E-state index contributed by atoms with van der Waals surface area (Å²) in [5, 5.41) is 3.71. The number of nitrogens with one attached hydrogen (secondary N) is 2. The predicted molar refractivity (Wildman–Crippen MR) is 174 cm³/mol. The number of methoxy groups -OCH3 is 1. The highest BCUT2D eigenvalue weighted by Crippen LogP contribution is 2.59. The number of fused-ring (bicyclic) bond motifs is 2. The Morgan fingerprint density at radius 2 is 1.87 bits per heavy atom. The number of hydrogen-bond acceptors (Lipinski definition) is 6. The van der Waals surface area contributed by atoms with E-state index < -0.39 is 29.7 Å². The number of rotatable bonds is 10. The van der Waals surface area contributed by atoms with Crippen LogP contribution in [-0.4, -0.2) is 76.9 Å². The topological polar surface area (TPSA) is 129 Å². The summed E-state index contributed by atoms with van der Waals surface area (Å²) >= 11 is 0. The van der Waals surface area contributed by atoms with Gasteiger partial charge in [0.25, 0.3) is 11.8 Å². The van der Waals surface area contributed by atoms with Gasteiger partial charge in [0.15, 0.2) is 0 Å². The first-order valence-corrected chi connectivity index (χ1v) is 16.8. The second kappa shape index (κ2) is 12.3. The average Bonchev–Trinajstić information content (AvgIpc) is 3.43. The third-order valence-electron chi connectivity index (χ3n) is 11.1. The largest absolute Gasteiger partial charge is 0.496 e. The number of likely N-dealkylation sites (N-methyl/N-ethyl adjacent to an activating group) is 1. The van der Waals surface area contributed by atoms with Crippen LogP contribution in [0, 0.1) is 23.2 Å². The maximum atomic E-state index is 14.3. The molecule has 5 atom stereocenters. The molecule has 1 spiro atoms. The van der Waals surface area contributed by atoms with Gasteiger partial charge in [-0.25, -0.2) is 0 Å². The fourth-order valence-corrected chi connectivity index (χ4v) is 8.46. The van der Waals surface area contributed by atoms with Crippen LogP contribution in [0.5, 0.6) is 5.75 Å².